The van der Waals surface area contributed by atoms with Crippen molar-refractivity contribution < 1.29 is 13.2 Å². The minimum Gasteiger partial charge on any atom is -0.352 e. The Kier molecular flexibility index (Phi) is 6.14. The van der Waals surface area contributed by atoms with Crippen LogP contribution in [0.4, 0.5) is 0 Å². The maximum absolute atomic E-state index is 12.8. The molecule has 9 heteroatoms. The number of rotatable bonds is 6. The van der Waals surface area contributed by atoms with Gasteiger partial charge in [0.05, 0.1) is 11.6 Å². The summed E-state index contributed by atoms with van der Waals surface area (Å²) in [4.78, 5) is 14.1. The van der Waals surface area contributed by atoms with Gasteiger partial charge in [0.15, 0.2) is 0 Å². The second-order valence-electron chi connectivity index (χ2n) is 6.95. The van der Waals surface area contributed by atoms with Gasteiger partial charge in [0, 0.05) is 37.2 Å². The first kappa shape index (κ1) is 19.9. The molecule has 1 amide bonds. The van der Waals surface area contributed by atoms with Gasteiger partial charge >= 0.3 is 0 Å². The number of sulfonamides is 1. The monoisotopic (exact) mass is 419 g/mol. The molecular formula is C17H23Cl2N3O3S. The Hall–Kier alpha value is -0.860. The smallest absolute Gasteiger partial charge is 0.244 e. The van der Waals surface area contributed by atoms with Crippen LogP contribution in [0.5, 0.6) is 0 Å². The summed E-state index contributed by atoms with van der Waals surface area (Å²) < 4.78 is 27.0. The number of amides is 1. The van der Waals surface area contributed by atoms with E-state index in [9.17, 15) is 13.2 Å². The van der Waals surface area contributed by atoms with Crippen LogP contribution in [0.2, 0.25) is 10.0 Å². The van der Waals surface area contributed by atoms with Crippen molar-refractivity contribution in [1.29, 1.82) is 0 Å². The van der Waals surface area contributed by atoms with Crippen molar-refractivity contribution in [2.24, 2.45) is 5.92 Å². The molecule has 0 bridgehead atoms. The number of nitrogens with one attached hydrogen (secondary N) is 1. The molecule has 6 nitrogen and oxygen atoms in total. The molecule has 2 aliphatic rings. The van der Waals surface area contributed by atoms with E-state index in [4.69, 9.17) is 23.2 Å². The Morgan fingerprint density at radius 2 is 1.88 bits per heavy atom. The second kappa shape index (κ2) is 8.02. The highest BCUT2D eigenvalue weighted by Gasteiger charge is 2.32. The standard InChI is InChI=1S/C17H23Cl2N3O3S/c1-12(13-2-3-13)20-17(23)11-21-6-8-22(9-7-21)26(24,25)16-10-14(18)4-5-15(16)19/h4-5,10,12-13H,2-3,6-9,11H2,1H3,(H,20,23)/t12-/m0/s1. The van der Waals surface area contributed by atoms with Crippen molar-refractivity contribution in [3.8, 4) is 0 Å². The van der Waals surface area contributed by atoms with Gasteiger partial charge in [-0.3, -0.25) is 9.69 Å². The van der Waals surface area contributed by atoms with Crippen molar-refractivity contribution in [3.63, 3.8) is 0 Å². The molecule has 0 unspecified atom stereocenters. The largest absolute Gasteiger partial charge is 0.352 e. The number of nitrogens with zero attached hydrogens (tertiary/aromatic N) is 2. The van der Waals surface area contributed by atoms with E-state index in [0.29, 0.717) is 43.7 Å². The van der Waals surface area contributed by atoms with Crippen LogP contribution in [0.15, 0.2) is 23.1 Å². The maximum atomic E-state index is 12.8. The zero-order valence-electron chi connectivity index (χ0n) is 14.6. The summed E-state index contributed by atoms with van der Waals surface area (Å²) >= 11 is 12.0. The molecule has 1 aliphatic heterocycles. The highest BCUT2D eigenvalue weighted by Crippen LogP contribution is 2.32. The van der Waals surface area contributed by atoms with E-state index in [2.05, 4.69) is 5.32 Å². The van der Waals surface area contributed by atoms with Crippen molar-refractivity contribution in [2.45, 2.75) is 30.7 Å². The Morgan fingerprint density at radius 3 is 2.50 bits per heavy atom. The number of piperazine rings is 1. The molecule has 26 heavy (non-hydrogen) atoms. The van der Waals surface area contributed by atoms with E-state index in [0.717, 1.165) is 0 Å². The molecule has 1 aromatic rings. The molecule has 1 saturated carbocycles. The van der Waals surface area contributed by atoms with Gasteiger partial charge < -0.3 is 5.32 Å². The summed E-state index contributed by atoms with van der Waals surface area (Å²) in [6, 6.07) is 4.63. The summed E-state index contributed by atoms with van der Waals surface area (Å²) in [5, 5.41) is 3.51. The molecule has 1 saturated heterocycles. The third kappa shape index (κ3) is 4.70. The number of halogens is 2. The lowest BCUT2D eigenvalue weighted by molar-refractivity contribution is -0.123. The van der Waals surface area contributed by atoms with Crippen molar-refractivity contribution in [2.75, 3.05) is 32.7 Å². The van der Waals surface area contributed by atoms with Gasteiger partial charge in [0.2, 0.25) is 15.9 Å². The second-order valence-corrected chi connectivity index (χ2v) is 9.70. The van der Waals surface area contributed by atoms with E-state index in [1.165, 1.54) is 29.3 Å². The number of carbonyl (C=O) groups excluding carboxylic acids is 1. The first-order valence-corrected chi connectivity index (χ1v) is 10.9. The summed E-state index contributed by atoms with van der Waals surface area (Å²) in [5.41, 5.74) is 0. The highest BCUT2D eigenvalue weighted by atomic mass is 35.5. The number of carbonyl (C=O) groups is 1. The molecule has 144 valence electrons. The maximum Gasteiger partial charge on any atom is 0.244 e. The average Bonchev–Trinajstić information content (AvgIpc) is 3.42. The molecule has 1 N–H and O–H groups in total. The normalized spacial score (nSPS) is 20.7. The van der Waals surface area contributed by atoms with Gasteiger partial charge in [-0.2, -0.15) is 4.31 Å². The van der Waals surface area contributed by atoms with Gasteiger partial charge in [0.25, 0.3) is 0 Å². The lowest BCUT2D eigenvalue weighted by Gasteiger charge is -2.33. The average molecular weight is 420 g/mol. The van der Waals surface area contributed by atoms with Crippen LogP contribution >= 0.6 is 23.2 Å². The van der Waals surface area contributed by atoms with Crippen molar-refractivity contribution in [3.05, 3.63) is 28.2 Å². The van der Waals surface area contributed by atoms with E-state index in [-0.39, 0.29) is 21.9 Å². The third-order valence-corrected chi connectivity index (χ3v) is 7.54. The minimum atomic E-state index is -3.70. The molecule has 3 rings (SSSR count). The molecule has 1 heterocycles. The molecule has 2 fully saturated rings. The van der Waals surface area contributed by atoms with E-state index < -0.39 is 10.0 Å². The Morgan fingerprint density at radius 1 is 1.23 bits per heavy atom. The SMILES string of the molecule is C[C@H](NC(=O)CN1CCN(S(=O)(=O)c2cc(Cl)ccc2Cl)CC1)C1CC1. The molecule has 1 aliphatic carbocycles. The van der Waals surface area contributed by atoms with Gasteiger partial charge in [-0.1, -0.05) is 23.2 Å². The van der Waals surface area contributed by atoms with Crippen LogP contribution in [0.3, 0.4) is 0 Å². The van der Waals surface area contributed by atoms with Crippen LogP contribution in [0, 0.1) is 5.92 Å². The van der Waals surface area contributed by atoms with Crippen molar-refractivity contribution in [1.82, 2.24) is 14.5 Å². The van der Waals surface area contributed by atoms with Crippen LogP contribution < -0.4 is 5.32 Å². The Balaban J connectivity index is 1.55. The summed E-state index contributed by atoms with van der Waals surface area (Å²) in [6.45, 7) is 3.97. The van der Waals surface area contributed by atoms with Gasteiger partial charge in [0.1, 0.15) is 4.90 Å². The fourth-order valence-corrected chi connectivity index (χ4v) is 5.32. The Labute approximate surface area is 164 Å². The highest BCUT2D eigenvalue weighted by molar-refractivity contribution is 7.89. The molecule has 0 spiro atoms. The number of hydrogen-bond donors (Lipinski definition) is 1. The lowest BCUT2D eigenvalue weighted by Crippen LogP contribution is -2.51. The Bertz CT molecular complexity index is 775. The first-order valence-electron chi connectivity index (χ1n) is 8.74. The predicted molar refractivity (Wildman–Crippen MR) is 102 cm³/mol. The zero-order chi connectivity index (χ0) is 18.9. The van der Waals surface area contributed by atoms with Crippen molar-refractivity contribution >= 4 is 39.1 Å². The van der Waals surface area contributed by atoms with Crippen LogP contribution in [0.25, 0.3) is 0 Å². The van der Waals surface area contributed by atoms with Gasteiger partial charge in [-0.05, 0) is 43.9 Å². The molecule has 0 aromatic heterocycles. The number of benzene rings is 1. The van der Waals surface area contributed by atoms with Gasteiger partial charge in [-0.25, -0.2) is 8.42 Å². The summed E-state index contributed by atoms with van der Waals surface area (Å²) in [6.07, 6.45) is 2.37. The molecule has 1 aromatic carbocycles. The predicted octanol–water partition coefficient (Wildman–Crippen LogP) is 2.21. The fourth-order valence-electron chi connectivity index (χ4n) is 3.16. The minimum absolute atomic E-state index is 0.00130. The zero-order valence-corrected chi connectivity index (χ0v) is 16.9. The summed E-state index contributed by atoms with van der Waals surface area (Å²) in [5.74, 6) is 0.613. The van der Waals surface area contributed by atoms with Crippen LogP contribution in [0.1, 0.15) is 19.8 Å². The van der Waals surface area contributed by atoms with Gasteiger partial charge in [-0.15, -0.1) is 0 Å². The number of hydrogen-bond acceptors (Lipinski definition) is 4. The van der Waals surface area contributed by atoms with E-state index >= 15 is 0 Å². The van der Waals surface area contributed by atoms with Crippen LogP contribution in [-0.4, -0.2) is 62.3 Å². The quantitative estimate of drug-likeness (QED) is 0.766. The summed E-state index contributed by atoms with van der Waals surface area (Å²) in [7, 11) is -3.70. The van der Waals surface area contributed by atoms with E-state index in [1.807, 2.05) is 11.8 Å². The fraction of sp³-hybridized carbons (Fsp3) is 0.588. The molecule has 1 atom stereocenters. The lowest BCUT2D eigenvalue weighted by atomic mass is 10.2. The first-order chi connectivity index (χ1) is 12.3. The molecule has 0 radical (unpaired) electrons. The third-order valence-electron chi connectivity index (χ3n) is 4.93. The van der Waals surface area contributed by atoms with E-state index in [1.54, 1.807) is 6.07 Å². The molecular weight excluding hydrogens is 397 g/mol. The topological polar surface area (TPSA) is 69.7 Å². The van der Waals surface area contributed by atoms with Crippen LogP contribution in [-0.2, 0) is 14.8 Å².